The van der Waals surface area contributed by atoms with Gasteiger partial charge >= 0.3 is 0 Å². The first kappa shape index (κ1) is 10.5. The van der Waals surface area contributed by atoms with Gasteiger partial charge in [-0.25, -0.2) is 0 Å². The van der Waals surface area contributed by atoms with E-state index in [0.717, 1.165) is 18.6 Å². The summed E-state index contributed by atoms with van der Waals surface area (Å²) in [6.45, 7) is 2.51. The van der Waals surface area contributed by atoms with Gasteiger partial charge in [-0.3, -0.25) is 0 Å². The third-order valence-corrected chi connectivity index (χ3v) is 3.37. The number of aliphatic hydroxyl groups excluding tert-OH is 1. The van der Waals surface area contributed by atoms with Crippen molar-refractivity contribution in [1.29, 1.82) is 0 Å². The summed E-state index contributed by atoms with van der Waals surface area (Å²) in [6, 6.07) is 6.23. The smallest absolute Gasteiger partial charge is 0.122 e. The molecule has 1 aromatic rings. The first-order chi connectivity index (χ1) is 7.27. The van der Waals surface area contributed by atoms with Gasteiger partial charge in [0, 0.05) is 12.2 Å². The second kappa shape index (κ2) is 4.23. The molecule has 2 rings (SSSR count). The van der Waals surface area contributed by atoms with Crippen LogP contribution in [0.15, 0.2) is 18.2 Å². The van der Waals surface area contributed by atoms with Crippen LogP contribution in [-0.2, 0) is 0 Å². The van der Waals surface area contributed by atoms with Crippen molar-refractivity contribution in [2.45, 2.75) is 31.6 Å². The largest absolute Gasteiger partial charge is 0.496 e. The van der Waals surface area contributed by atoms with Crippen LogP contribution in [-0.4, -0.2) is 18.8 Å². The third kappa shape index (κ3) is 1.74. The maximum absolute atomic E-state index is 9.03. The molecule has 2 nitrogen and oxygen atoms in total. The molecule has 15 heavy (non-hydrogen) atoms. The zero-order valence-electron chi connectivity index (χ0n) is 9.36. The van der Waals surface area contributed by atoms with Gasteiger partial charge in [-0.1, -0.05) is 19.1 Å². The Hall–Kier alpha value is -1.02. The van der Waals surface area contributed by atoms with E-state index in [4.69, 9.17) is 9.84 Å². The van der Waals surface area contributed by atoms with Crippen LogP contribution < -0.4 is 4.74 Å². The maximum atomic E-state index is 9.03. The molecule has 0 amide bonds. The molecule has 1 aromatic carbocycles. The predicted molar refractivity (Wildman–Crippen MR) is 60.5 cm³/mol. The number of hydrogen-bond donors (Lipinski definition) is 1. The molecule has 0 spiro atoms. The van der Waals surface area contributed by atoms with E-state index in [1.807, 2.05) is 12.1 Å². The monoisotopic (exact) mass is 206 g/mol. The summed E-state index contributed by atoms with van der Waals surface area (Å²) >= 11 is 0. The first-order valence-electron chi connectivity index (χ1n) is 5.55. The van der Waals surface area contributed by atoms with Crippen LogP contribution in [0.1, 0.15) is 42.7 Å². The molecule has 1 aliphatic carbocycles. The molecule has 82 valence electrons. The second-order valence-corrected chi connectivity index (χ2v) is 4.31. The van der Waals surface area contributed by atoms with Gasteiger partial charge in [0.05, 0.1) is 7.11 Å². The lowest BCUT2D eigenvalue weighted by Crippen LogP contribution is -1.97. The zero-order chi connectivity index (χ0) is 10.8. The number of aliphatic hydroxyl groups is 1. The number of hydrogen-bond acceptors (Lipinski definition) is 2. The van der Waals surface area contributed by atoms with E-state index < -0.39 is 0 Å². The van der Waals surface area contributed by atoms with Crippen molar-refractivity contribution in [2.24, 2.45) is 0 Å². The fourth-order valence-corrected chi connectivity index (χ4v) is 2.72. The molecule has 1 aliphatic rings. The summed E-state index contributed by atoms with van der Waals surface area (Å²) < 4.78 is 5.39. The fourth-order valence-electron chi connectivity index (χ4n) is 2.72. The average Bonchev–Trinajstić information content (AvgIpc) is 2.57. The van der Waals surface area contributed by atoms with Gasteiger partial charge in [0.2, 0.25) is 0 Å². The molecule has 0 bridgehead atoms. The molecular weight excluding hydrogens is 188 g/mol. The number of ether oxygens (including phenoxy) is 1. The van der Waals surface area contributed by atoms with E-state index in [1.165, 1.54) is 11.1 Å². The van der Waals surface area contributed by atoms with Crippen molar-refractivity contribution >= 4 is 0 Å². The van der Waals surface area contributed by atoms with Crippen LogP contribution in [0.2, 0.25) is 0 Å². The lowest BCUT2D eigenvalue weighted by molar-refractivity contribution is 0.274. The maximum Gasteiger partial charge on any atom is 0.122 e. The first-order valence-corrected chi connectivity index (χ1v) is 5.55. The van der Waals surface area contributed by atoms with Crippen LogP contribution in [0.5, 0.6) is 5.75 Å². The Morgan fingerprint density at radius 3 is 2.93 bits per heavy atom. The van der Waals surface area contributed by atoms with Crippen molar-refractivity contribution in [1.82, 2.24) is 0 Å². The van der Waals surface area contributed by atoms with Crippen LogP contribution in [0.25, 0.3) is 0 Å². The molecule has 0 heterocycles. The van der Waals surface area contributed by atoms with E-state index in [9.17, 15) is 0 Å². The molecule has 0 radical (unpaired) electrons. The van der Waals surface area contributed by atoms with Gasteiger partial charge in [-0.05, 0) is 36.3 Å². The number of fused-ring (bicyclic) bond motifs is 1. The predicted octanol–water partition coefficient (Wildman–Crippen LogP) is 2.67. The van der Waals surface area contributed by atoms with Gasteiger partial charge in [0.15, 0.2) is 0 Å². The number of rotatable bonds is 3. The van der Waals surface area contributed by atoms with Crippen LogP contribution in [0, 0.1) is 0 Å². The molecule has 0 fully saturated rings. The third-order valence-electron chi connectivity index (χ3n) is 3.37. The second-order valence-electron chi connectivity index (χ2n) is 4.31. The molecular formula is C13H18O2. The zero-order valence-corrected chi connectivity index (χ0v) is 9.36. The van der Waals surface area contributed by atoms with Crippen molar-refractivity contribution in [3.63, 3.8) is 0 Å². The number of benzene rings is 1. The molecule has 0 saturated carbocycles. The highest BCUT2D eigenvalue weighted by molar-refractivity contribution is 5.47. The van der Waals surface area contributed by atoms with Gasteiger partial charge in [0.1, 0.15) is 5.75 Å². The normalized spacial score (nSPS) is 23.9. The highest BCUT2D eigenvalue weighted by Crippen LogP contribution is 2.46. The van der Waals surface area contributed by atoms with E-state index in [2.05, 4.69) is 13.0 Å². The van der Waals surface area contributed by atoms with Crippen LogP contribution in [0.3, 0.4) is 0 Å². The Morgan fingerprint density at radius 1 is 1.47 bits per heavy atom. The minimum absolute atomic E-state index is 0.272. The van der Waals surface area contributed by atoms with Crippen molar-refractivity contribution in [3.8, 4) is 5.75 Å². The van der Waals surface area contributed by atoms with Crippen LogP contribution >= 0.6 is 0 Å². The number of methoxy groups -OCH3 is 1. The van der Waals surface area contributed by atoms with E-state index in [-0.39, 0.29) is 6.61 Å². The van der Waals surface area contributed by atoms with Gasteiger partial charge in [0.25, 0.3) is 0 Å². The van der Waals surface area contributed by atoms with Gasteiger partial charge in [-0.15, -0.1) is 0 Å². The van der Waals surface area contributed by atoms with Crippen LogP contribution in [0.4, 0.5) is 0 Å². The van der Waals surface area contributed by atoms with Crippen molar-refractivity contribution in [2.75, 3.05) is 13.7 Å². The Morgan fingerprint density at radius 2 is 2.27 bits per heavy atom. The lowest BCUT2D eigenvalue weighted by Gasteiger charge is -2.11. The summed E-state index contributed by atoms with van der Waals surface area (Å²) in [5.74, 6) is 2.06. The van der Waals surface area contributed by atoms with E-state index in [0.29, 0.717) is 11.8 Å². The Balaban J connectivity index is 2.39. The standard InChI is InChI=1S/C13H18O2/c1-9-8-10(6-7-14)11-4-3-5-12(15-2)13(9)11/h3-5,9-10,14H,6-8H2,1-2H3. The SMILES string of the molecule is COc1cccc2c1C(C)CC2CCO. The Kier molecular flexibility index (Phi) is 2.96. The molecule has 2 heteroatoms. The summed E-state index contributed by atoms with van der Waals surface area (Å²) in [5.41, 5.74) is 2.72. The Labute approximate surface area is 90.9 Å². The fraction of sp³-hybridized carbons (Fsp3) is 0.538. The van der Waals surface area contributed by atoms with E-state index in [1.54, 1.807) is 7.11 Å². The summed E-state index contributed by atoms with van der Waals surface area (Å²) in [6.07, 6.45) is 2.00. The highest BCUT2D eigenvalue weighted by Gasteiger charge is 2.30. The minimum atomic E-state index is 0.272. The van der Waals surface area contributed by atoms with Crippen molar-refractivity contribution < 1.29 is 9.84 Å². The molecule has 0 aromatic heterocycles. The molecule has 2 unspecified atom stereocenters. The van der Waals surface area contributed by atoms with Crippen molar-refractivity contribution in [3.05, 3.63) is 29.3 Å². The average molecular weight is 206 g/mol. The summed E-state index contributed by atoms with van der Waals surface area (Å²) in [4.78, 5) is 0. The summed E-state index contributed by atoms with van der Waals surface area (Å²) in [7, 11) is 1.72. The topological polar surface area (TPSA) is 29.5 Å². The highest BCUT2D eigenvalue weighted by atomic mass is 16.5. The Bertz CT molecular complexity index is 346. The molecule has 0 saturated heterocycles. The van der Waals surface area contributed by atoms with Gasteiger partial charge < -0.3 is 9.84 Å². The quantitative estimate of drug-likeness (QED) is 0.824. The van der Waals surface area contributed by atoms with E-state index >= 15 is 0 Å². The minimum Gasteiger partial charge on any atom is -0.496 e. The van der Waals surface area contributed by atoms with Gasteiger partial charge in [-0.2, -0.15) is 0 Å². The molecule has 2 atom stereocenters. The summed E-state index contributed by atoms with van der Waals surface area (Å²) in [5, 5.41) is 9.03. The lowest BCUT2D eigenvalue weighted by atomic mass is 9.98. The molecule has 1 N–H and O–H groups in total. The molecule has 0 aliphatic heterocycles.